The molecule has 0 radical (unpaired) electrons. The van der Waals surface area contributed by atoms with Crippen molar-refractivity contribution in [2.75, 3.05) is 0 Å². The summed E-state index contributed by atoms with van der Waals surface area (Å²) in [6.07, 6.45) is 0.230. The maximum Gasteiger partial charge on any atom is 0.326 e. The number of nitrogens with one attached hydrogen (secondary N) is 1. The fraction of sp³-hybridized carbons (Fsp3) is 0.200. The quantitative estimate of drug-likeness (QED) is 0.641. The zero-order valence-electron chi connectivity index (χ0n) is 16.6. The largest absolute Gasteiger partial charge is 0.480 e. The average molecular weight is 387 g/mol. The maximum absolute atomic E-state index is 13.5. The van der Waals surface area contributed by atoms with Crippen LogP contribution in [0.15, 0.2) is 84.9 Å². The average Bonchev–Trinajstić information content (AvgIpc) is 2.75. The minimum Gasteiger partial charge on any atom is -0.480 e. The van der Waals surface area contributed by atoms with Crippen molar-refractivity contribution in [3.63, 3.8) is 0 Å². The van der Waals surface area contributed by atoms with Crippen LogP contribution in [0.2, 0.25) is 0 Å². The Hall–Kier alpha value is -3.40. The van der Waals surface area contributed by atoms with Crippen molar-refractivity contribution >= 4 is 11.9 Å². The van der Waals surface area contributed by atoms with Crippen LogP contribution in [-0.4, -0.2) is 23.0 Å². The second-order valence-electron chi connectivity index (χ2n) is 7.35. The molecular formula is C25H25NO3. The highest BCUT2D eigenvalue weighted by molar-refractivity contribution is 5.94. The Kier molecular flexibility index (Phi) is 6.13. The van der Waals surface area contributed by atoms with Crippen LogP contribution < -0.4 is 5.32 Å². The van der Waals surface area contributed by atoms with Gasteiger partial charge in [-0.1, -0.05) is 84.9 Å². The van der Waals surface area contributed by atoms with E-state index < -0.39 is 17.4 Å². The normalized spacial score (nSPS) is 12.2. The lowest BCUT2D eigenvalue weighted by atomic mass is 9.75. The first-order chi connectivity index (χ1) is 13.9. The lowest BCUT2D eigenvalue weighted by molar-refractivity contribution is -0.142. The van der Waals surface area contributed by atoms with Crippen molar-refractivity contribution in [1.29, 1.82) is 0 Å². The molecule has 0 spiro atoms. The Labute approximate surface area is 171 Å². The third kappa shape index (κ3) is 4.37. The predicted octanol–water partition coefficient (Wildman–Crippen LogP) is 4.11. The van der Waals surface area contributed by atoms with Gasteiger partial charge in [0, 0.05) is 6.42 Å². The summed E-state index contributed by atoms with van der Waals surface area (Å²) >= 11 is 0. The van der Waals surface area contributed by atoms with Gasteiger partial charge in [0.1, 0.15) is 6.04 Å². The van der Waals surface area contributed by atoms with E-state index in [1.807, 2.05) is 98.8 Å². The van der Waals surface area contributed by atoms with Crippen LogP contribution in [-0.2, 0) is 21.4 Å². The minimum absolute atomic E-state index is 0.230. The zero-order chi connectivity index (χ0) is 20.9. The first kappa shape index (κ1) is 20.3. The number of carbonyl (C=O) groups is 2. The first-order valence-electron chi connectivity index (χ1n) is 9.62. The molecule has 0 heterocycles. The number of benzene rings is 3. The Morgan fingerprint density at radius 3 is 1.83 bits per heavy atom. The second-order valence-corrected chi connectivity index (χ2v) is 7.35. The molecule has 0 aromatic heterocycles. The number of aryl methyl sites for hydroxylation is 1. The molecule has 0 saturated heterocycles. The Balaban J connectivity index is 1.95. The summed E-state index contributed by atoms with van der Waals surface area (Å²) in [5.41, 5.74) is 2.51. The Morgan fingerprint density at radius 1 is 0.862 bits per heavy atom. The molecule has 29 heavy (non-hydrogen) atoms. The summed E-state index contributed by atoms with van der Waals surface area (Å²) in [6, 6.07) is 25.5. The standard InChI is InChI=1S/C25H25NO3/c1-18-11-9-10-12-19(18)17-22(23(27)28)26-24(29)25(2,20-13-5-3-6-14-20)21-15-7-4-8-16-21/h3-16,22H,17H2,1-2H3,(H,26,29)(H,27,28)/t22-/m1/s1. The molecule has 148 valence electrons. The van der Waals surface area contributed by atoms with Crippen molar-refractivity contribution in [2.24, 2.45) is 0 Å². The number of rotatable bonds is 7. The number of carboxylic acids is 1. The summed E-state index contributed by atoms with van der Waals surface area (Å²) in [7, 11) is 0. The number of amides is 1. The number of aliphatic carboxylic acids is 1. The van der Waals surface area contributed by atoms with Crippen LogP contribution in [0.5, 0.6) is 0 Å². The van der Waals surface area contributed by atoms with Gasteiger partial charge in [0.05, 0.1) is 5.41 Å². The maximum atomic E-state index is 13.5. The van der Waals surface area contributed by atoms with E-state index in [4.69, 9.17) is 0 Å². The molecule has 0 unspecified atom stereocenters. The highest BCUT2D eigenvalue weighted by Gasteiger charge is 2.39. The smallest absolute Gasteiger partial charge is 0.326 e. The molecule has 0 fully saturated rings. The lowest BCUT2D eigenvalue weighted by Gasteiger charge is -2.31. The fourth-order valence-electron chi connectivity index (χ4n) is 3.53. The Bertz CT molecular complexity index is 944. The van der Waals surface area contributed by atoms with Gasteiger partial charge in [0.15, 0.2) is 0 Å². The monoisotopic (exact) mass is 387 g/mol. The molecule has 0 aliphatic heterocycles. The van der Waals surface area contributed by atoms with E-state index in [-0.39, 0.29) is 12.3 Å². The molecule has 1 amide bonds. The van der Waals surface area contributed by atoms with Crippen molar-refractivity contribution in [3.8, 4) is 0 Å². The van der Waals surface area contributed by atoms with E-state index in [9.17, 15) is 14.7 Å². The summed E-state index contributed by atoms with van der Waals surface area (Å²) < 4.78 is 0. The molecule has 0 aliphatic carbocycles. The zero-order valence-corrected chi connectivity index (χ0v) is 16.6. The highest BCUT2D eigenvalue weighted by atomic mass is 16.4. The molecule has 3 aromatic carbocycles. The van der Waals surface area contributed by atoms with Crippen LogP contribution in [0, 0.1) is 6.92 Å². The summed E-state index contributed by atoms with van der Waals surface area (Å²) in [6.45, 7) is 3.77. The van der Waals surface area contributed by atoms with Gasteiger partial charge in [0.25, 0.3) is 0 Å². The number of hydrogen-bond donors (Lipinski definition) is 2. The van der Waals surface area contributed by atoms with Gasteiger partial charge in [-0.3, -0.25) is 4.79 Å². The van der Waals surface area contributed by atoms with Gasteiger partial charge >= 0.3 is 5.97 Å². The molecule has 0 saturated carbocycles. The highest BCUT2D eigenvalue weighted by Crippen LogP contribution is 2.32. The molecule has 4 nitrogen and oxygen atoms in total. The third-order valence-corrected chi connectivity index (χ3v) is 5.45. The van der Waals surface area contributed by atoms with E-state index >= 15 is 0 Å². The molecule has 3 aromatic rings. The number of carbonyl (C=O) groups excluding carboxylic acids is 1. The van der Waals surface area contributed by atoms with Crippen LogP contribution in [0.4, 0.5) is 0 Å². The van der Waals surface area contributed by atoms with Gasteiger partial charge in [-0.2, -0.15) is 0 Å². The van der Waals surface area contributed by atoms with E-state index in [0.29, 0.717) is 0 Å². The lowest BCUT2D eigenvalue weighted by Crippen LogP contribution is -2.50. The van der Waals surface area contributed by atoms with Crippen LogP contribution in [0.25, 0.3) is 0 Å². The third-order valence-electron chi connectivity index (χ3n) is 5.45. The Morgan fingerprint density at radius 2 is 1.34 bits per heavy atom. The van der Waals surface area contributed by atoms with Gasteiger partial charge in [-0.05, 0) is 36.1 Å². The molecule has 0 aliphatic rings. The van der Waals surface area contributed by atoms with Crippen molar-refractivity contribution in [1.82, 2.24) is 5.32 Å². The van der Waals surface area contributed by atoms with E-state index in [0.717, 1.165) is 22.3 Å². The SMILES string of the molecule is Cc1ccccc1C[C@@H](NC(=O)C(C)(c1ccccc1)c1ccccc1)C(=O)O. The molecular weight excluding hydrogens is 362 g/mol. The predicted molar refractivity (Wildman–Crippen MR) is 114 cm³/mol. The minimum atomic E-state index is -1.05. The number of hydrogen-bond acceptors (Lipinski definition) is 2. The second kappa shape index (κ2) is 8.74. The molecule has 2 N–H and O–H groups in total. The van der Waals surface area contributed by atoms with E-state index in [2.05, 4.69) is 5.32 Å². The summed E-state index contributed by atoms with van der Waals surface area (Å²) in [5, 5.41) is 12.6. The fourth-order valence-corrected chi connectivity index (χ4v) is 3.53. The van der Waals surface area contributed by atoms with Crippen LogP contribution in [0.3, 0.4) is 0 Å². The van der Waals surface area contributed by atoms with Crippen LogP contribution in [0.1, 0.15) is 29.2 Å². The summed E-state index contributed by atoms with van der Waals surface area (Å²) in [5.74, 6) is -1.39. The molecule has 0 bridgehead atoms. The first-order valence-corrected chi connectivity index (χ1v) is 9.62. The van der Waals surface area contributed by atoms with Crippen molar-refractivity contribution in [2.45, 2.75) is 31.7 Å². The van der Waals surface area contributed by atoms with Gasteiger partial charge in [-0.15, -0.1) is 0 Å². The van der Waals surface area contributed by atoms with E-state index in [1.54, 1.807) is 0 Å². The molecule has 1 atom stereocenters. The number of carboxylic acid groups (broad SMARTS) is 1. The topological polar surface area (TPSA) is 66.4 Å². The van der Waals surface area contributed by atoms with Gasteiger partial charge in [-0.25, -0.2) is 4.79 Å². The van der Waals surface area contributed by atoms with Gasteiger partial charge < -0.3 is 10.4 Å². The summed E-state index contributed by atoms with van der Waals surface area (Å²) in [4.78, 5) is 25.4. The van der Waals surface area contributed by atoms with Gasteiger partial charge in [0.2, 0.25) is 5.91 Å². The van der Waals surface area contributed by atoms with Crippen LogP contribution >= 0.6 is 0 Å². The van der Waals surface area contributed by atoms with E-state index in [1.165, 1.54) is 0 Å². The molecule has 4 heteroatoms. The van der Waals surface area contributed by atoms with Crippen molar-refractivity contribution < 1.29 is 14.7 Å². The van der Waals surface area contributed by atoms with Crippen molar-refractivity contribution in [3.05, 3.63) is 107 Å². The molecule has 3 rings (SSSR count).